The van der Waals surface area contributed by atoms with Gasteiger partial charge in [0.15, 0.2) is 17.2 Å². The molecule has 1 heterocycles. The van der Waals surface area contributed by atoms with E-state index in [4.69, 9.17) is 43.5 Å². The summed E-state index contributed by atoms with van der Waals surface area (Å²) in [6, 6.07) is 8.16. The van der Waals surface area contributed by atoms with Crippen LogP contribution in [-0.2, 0) is 11.2 Å². The molecule has 3 aromatic rings. The van der Waals surface area contributed by atoms with E-state index < -0.39 is 23.8 Å². The van der Waals surface area contributed by atoms with Crippen molar-refractivity contribution in [1.82, 2.24) is 4.98 Å². The van der Waals surface area contributed by atoms with Crippen molar-refractivity contribution < 1.29 is 29.0 Å². The number of ether oxygens (including phenoxy) is 2. The van der Waals surface area contributed by atoms with Gasteiger partial charge >= 0.3 is 5.97 Å². The van der Waals surface area contributed by atoms with Crippen LogP contribution in [0.5, 0.6) is 11.5 Å². The van der Waals surface area contributed by atoms with Crippen LogP contribution in [0.1, 0.15) is 38.7 Å². The summed E-state index contributed by atoms with van der Waals surface area (Å²) in [5.74, 6) is -1.62. The zero-order chi connectivity index (χ0) is 26.4. The normalized spacial score (nSPS) is 11.6. The number of nitrogens with zero attached hydrogens (tertiary/aromatic N) is 2. The number of aromatic carboxylic acids is 1. The van der Waals surface area contributed by atoms with Gasteiger partial charge in [-0.15, -0.1) is 11.3 Å². The number of carboxylic acid groups (broad SMARTS) is 1. The van der Waals surface area contributed by atoms with Gasteiger partial charge in [0.2, 0.25) is 5.91 Å². The van der Waals surface area contributed by atoms with Crippen molar-refractivity contribution in [3.8, 4) is 11.5 Å². The topological polar surface area (TPSA) is 132 Å². The number of halogens is 2. The van der Waals surface area contributed by atoms with Gasteiger partial charge in [-0.05, 0) is 49.6 Å². The second-order valence-electron chi connectivity index (χ2n) is 7.58. The first-order chi connectivity index (χ1) is 17.2. The number of benzene rings is 2. The maximum Gasteiger partial charge on any atom is 0.355 e. The quantitative estimate of drug-likeness (QED) is 0.353. The Balaban J connectivity index is 1.97. The summed E-state index contributed by atoms with van der Waals surface area (Å²) in [4.78, 5) is 42.8. The van der Waals surface area contributed by atoms with Crippen LogP contribution in [0.2, 0.25) is 10.0 Å². The molecule has 2 amide bonds. The average molecular weight is 552 g/mol. The Bertz CT molecular complexity index is 1280. The summed E-state index contributed by atoms with van der Waals surface area (Å²) in [7, 11) is 2.93. The lowest BCUT2D eigenvalue weighted by atomic mass is 10.0. The number of thiazole rings is 1. The molecule has 3 rings (SSSR count). The Morgan fingerprint density at radius 3 is 2.42 bits per heavy atom. The van der Waals surface area contributed by atoms with Gasteiger partial charge < -0.3 is 20.3 Å². The Kier molecular flexibility index (Phi) is 9.14. The second-order valence-corrected chi connectivity index (χ2v) is 9.37. The van der Waals surface area contributed by atoms with Gasteiger partial charge in [-0.1, -0.05) is 23.2 Å². The number of aromatic nitrogens is 1. The third-order valence-electron chi connectivity index (χ3n) is 5.30. The Hall–Kier alpha value is -3.34. The molecule has 0 aliphatic rings. The van der Waals surface area contributed by atoms with E-state index in [-0.39, 0.29) is 22.7 Å². The molecular formula is C24H23Cl2N3O6S. The maximum absolute atomic E-state index is 13.7. The molecule has 2 aromatic carbocycles. The van der Waals surface area contributed by atoms with Gasteiger partial charge in [-0.2, -0.15) is 0 Å². The van der Waals surface area contributed by atoms with E-state index in [9.17, 15) is 14.4 Å². The van der Waals surface area contributed by atoms with Gasteiger partial charge in [0.05, 0.1) is 29.8 Å². The largest absolute Gasteiger partial charge is 0.493 e. The molecule has 190 valence electrons. The van der Waals surface area contributed by atoms with Crippen molar-refractivity contribution in [2.24, 2.45) is 5.73 Å². The Labute approximate surface area is 221 Å². The van der Waals surface area contributed by atoms with Crippen molar-refractivity contribution in [2.45, 2.75) is 25.3 Å². The van der Waals surface area contributed by atoms with Gasteiger partial charge in [-0.25, -0.2) is 9.78 Å². The molecule has 0 fully saturated rings. The molecule has 0 saturated carbocycles. The van der Waals surface area contributed by atoms with Crippen molar-refractivity contribution in [1.29, 1.82) is 0 Å². The fourth-order valence-electron chi connectivity index (χ4n) is 3.58. The highest BCUT2D eigenvalue weighted by molar-refractivity contribution is 7.09. The summed E-state index contributed by atoms with van der Waals surface area (Å²) in [5.41, 5.74) is 6.20. The van der Waals surface area contributed by atoms with E-state index in [1.807, 2.05) is 0 Å². The SMILES string of the molecule is COc1ccc(N(C(=O)c2ccc(Cl)cc2Cl)C(CCCc2nc(C(=O)O)cs2)C(N)=O)cc1OC. The highest BCUT2D eigenvalue weighted by Crippen LogP contribution is 2.34. The first-order valence-electron chi connectivity index (χ1n) is 10.6. The number of aryl methyl sites for hydroxylation is 1. The van der Waals surface area contributed by atoms with E-state index in [2.05, 4.69) is 4.98 Å². The lowest BCUT2D eigenvalue weighted by molar-refractivity contribution is -0.119. The smallest absolute Gasteiger partial charge is 0.355 e. The number of methoxy groups -OCH3 is 2. The Morgan fingerprint density at radius 2 is 1.83 bits per heavy atom. The number of carbonyl (C=O) groups excluding carboxylic acids is 2. The van der Waals surface area contributed by atoms with Crippen LogP contribution in [0.15, 0.2) is 41.8 Å². The average Bonchev–Trinajstić information content (AvgIpc) is 3.32. The third kappa shape index (κ3) is 6.26. The van der Waals surface area contributed by atoms with Crippen LogP contribution in [0.25, 0.3) is 0 Å². The van der Waals surface area contributed by atoms with Gasteiger partial charge in [0, 0.05) is 22.2 Å². The molecular weight excluding hydrogens is 529 g/mol. The number of anilines is 1. The molecule has 1 unspecified atom stereocenters. The minimum atomic E-state index is -1.11. The van der Waals surface area contributed by atoms with Crippen LogP contribution in [0.3, 0.4) is 0 Å². The molecule has 3 N–H and O–H groups in total. The standard InChI is InChI=1S/C24H23Cl2N3O6S/c1-34-19-9-7-14(11-20(19)35-2)29(23(31)15-8-6-13(25)10-16(15)26)18(22(27)30)4-3-5-21-28-17(12-36-21)24(32)33/h6-12,18H,3-5H2,1-2H3,(H2,27,30)(H,32,33). The Morgan fingerprint density at radius 1 is 1.11 bits per heavy atom. The van der Waals surface area contributed by atoms with E-state index >= 15 is 0 Å². The predicted molar refractivity (Wildman–Crippen MR) is 138 cm³/mol. The van der Waals surface area contributed by atoms with E-state index in [1.165, 1.54) is 54.0 Å². The zero-order valence-corrected chi connectivity index (χ0v) is 21.7. The molecule has 0 aliphatic carbocycles. The van der Waals surface area contributed by atoms with Crippen molar-refractivity contribution >= 4 is 58.0 Å². The minimum Gasteiger partial charge on any atom is -0.493 e. The summed E-state index contributed by atoms with van der Waals surface area (Å²) < 4.78 is 10.7. The van der Waals surface area contributed by atoms with E-state index in [0.717, 1.165) is 0 Å². The molecule has 12 heteroatoms. The summed E-state index contributed by atoms with van der Waals surface area (Å²) in [5, 5.41) is 11.6. The number of primary amides is 1. The fraction of sp³-hybridized carbons (Fsp3) is 0.250. The number of carboxylic acids is 1. The molecule has 0 aliphatic heterocycles. The number of amides is 2. The summed E-state index contributed by atoms with van der Waals surface area (Å²) in [6.07, 6.45) is 0.992. The van der Waals surface area contributed by atoms with Crippen molar-refractivity contribution in [2.75, 3.05) is 19.1 Å². The third-order valence-corrected chi connectivity index (χ3v) is 6.76. The first kappa shape index (κ1) is 27.3. The number of rotatable bonds is 11. The van der Waals surface area contributed by atoms with Gasteiger partial charge in [-0.3, -0.25) is 14.5 Å². The van der Waals surface area contributed by atoms with Gasteiger partial charge in [0.25, 0.3) is 5.91 Å². The zero-order valence-electron chi connectivity index (χ0n) is 19.4. The van der Waals surface area contributed by atoms with Crippen LogP contribution >= 0.6 is 34.5 Å². The highest BCUT2D eigenvalue weighted by Gasteiger charge is 2.32. The van der Waals surface area contributed by atoms with E-state index in [1.54, 1.807) is 18.2 Å². The summed E-state index contributed by atoms with van der Waals surface area (Å²) >= 11 is 13.5. The maximum atomic E-state index is 13.7. The molecule has 1 atom stereocenters. The first-order valence-corrected chi connectivity index (χ1v) is 12.3. The number of hydrogen-bond donors (Lipinski definition) is 2. The minimum absolute atomic E-state index is 0.0408. The lowest BCUT2D eigenvalue weighted by Gasteiger charge is -2.31. The molecule has 0 saturated heterocycles. The lowest BCUT2D eigenvalue weighted by Crippen LogP contribution is -2.48. The van der Waals surface area contributed by atoms with Crippen molar-refractivity contribution in [3.05, 3.63) is 68.1 Å². The van der Waals surface area contributed by atoms with Crippen LogP contribution in [-0.4, -0.2) is 48.1 Å². The summed E-state index contributed by atoms with van der Waals surface area (Å²) in [6.45, 7) is 0. The fourth-order valence-corrected chi connectivity index (χ4v) is 4.88. The molecule has 1 aromatic heterocycles. The number of carbonyl (C=O) groups is 3. The van der Waals surface area contributed by atoms with Crippen LogP contribution in [0.4, 0.5) is 5.69 Å². The second kappa shape index (κ2) is 12.1. The molecule has 0 radical (unpaired) electrons. The highest BCUT2D eigenvalue weighted by atomic mass is 35.5. The van der Waals surface area contributed by atoms with Crippen LogP contribution in [0, 0.1) is 0 Å². The van der Waals surface area contributed by atoms with E-state index in [0.29, 0.717) is 40.1 Å². The molecule has 0 bridgehead atoms. The monoisotopic (exact) mass is 551 g/mol. The number of nitrogens with two attached hydrogens (primary N) is 1. The van der Waals surface area contributed by atoms with Gasteiger partial charge in [0.1, 0.15) is 6.04 Å². The predicted octanol–water partition coefficient (Wildman–Crippen LogP) is 4.69. The molecule has 9 nitrogen and oxygen atoms in total. The molecule has 0 spiro atoms. The molecule has 36 heavy (non-hydrogen) atoms. The number of hydrogen-bond acceptors (Lipinski definition) is 7. The van der Waals surface area contributed by atoms with Crippen molar-refractivity contribution in [3.63, 3.8) is 0 Å². The van der Waals surface area contributed by atoms with Crippen LogP contribution < -0.4 is 20.1 Å².